The van der Waals surface area contributed by atoms with Gasteiger partial charge in [0.25, 0.3) is 0 Å². The first-order valence-corrected chi connectivity index (χ1v) is 6.67. The van der Waals surface area contributed by atoms with E-state index in [0.29, 0.717) is 34.4 Å². The Hall–Kier alpha value is -0.580. The lowest BCUT2D eigenvalue weighted by atomic mass is 10.1. The molecule has 0 saturated heterocycles. The fourth-order valence-electron chi connectivity index (χ4n) is 1.44. The molecule has 17 heavy (non-hydrogen) atoms. The van der Waals surface area contributed by atoms with Gasteiger partial charge in [-0.2, -0.15) is 0 Å². The van der Waals surface area contributed by atoms with E-state index in [1.54, 1.807) is 12.1 Å². The van der Waals surface area contributed by atoms with Crippen LogP contribution in [-0.4, -0.2) is 23.3 Å². The summed E-state index contributed by atoms with van der Waals surface area (Å²) < 4.78 is 5.20. The van der Waals surface area contributed by atoms with E-state index in [9.17, 15) is 4.79 Å². The molecule has 0 radical (unpaired) electrons. The average Bonchev–Trinajstić information content (AvgIpc) is 2.28. The Morgan fingerprint density at radius 2 is 2.06 bits per heavy atom. The summed E-state index contributed by atoms with van der Waals surface area (Å²) in [7, 11) is 1.53. The fraction of sp³-hybridized carbons (Fsp3) is 0.364. The van der Waals surface area contributed by atoms with Gasteiger partial charge in [0.1, 0.15) is 5.75 Å². The van der Waals surface area contributed by atoms with E-state index >= 15 is 0 Å². The largest absolute Gasteiger partial charge is 0.495 e. The lowest BCUT2D eigenvalue weighted by Crippen LogP contribution is -1.97. The van der Waals surface area contributed by atoms with Crippen LogP contribution in [-0.2, 0) is 6.42 Å². The maximum absolute atomic E-state index is 10.3. The van der Waals surface area contributed by atoms with Gasteiger partial charge in [0.2, 0.25) is 0 Å². The van der Waals surface area contributed by atoms with Crippen molar-refractivity contribution < 1.29 is 14.6 Å². The zero-order chi connectivity index (χ0) is 12.8. The van der Waals surface area contributed by atoms with Crippen molar-refractivity contribution in [1.29, 1.82) is 0 Å². The number of hydrogen-bond donors (Lipinski definition) is 1. The Kier molecular flexibility index (Phi) is 5.95. The molecule has 1 aromatic carbocycles. The van der Waals surface area contributed by atoms with Gasteiger partial charge in [-0.25, -0.2) is 4.79 Å². The van der Waals surface area contributed by atoms with E-state index in [4.69, 9.17) is 33.0 Å². The first kappa shape index (κ1) is 14.5. The van der Waals surface area contributed by atoms with Gasteiger partial charge >= 0.3 is 5.30 Å². The van der Waals surface area contributed by atoms with Crippen LogP contribution in [0.1, 0.15) is 12.0 Å². The molecule has 0 aliphatic rings. The highest BCUT2D eigenvalue weighted by Crippen LogP contribution is 2.34. The van der Waals surface area contributed by atoms with E-state index < -0.39 is 5.30 Å². The molecule has 1 N–H and O–H groups in total. The lowest BCUT2D eigenvalue weighted by molar-refractivity contribution is 0.222. The summed E-state index contributed by atoms with van der Waals surface area (Å²) in [5.41, 5.74) is 0.827. The van der Waals surface area contributed by atoms with E-state index in [2.05, 4.69) is 0 Å². The lowest BCUT2D eigenvalue weighted by Gasteiger charge is -2.11. The minimum atomic E-state index is -0.867. The third-order valence-corrected chi connectivity index (χ3v) is 3.55. The smallest absolute Gasteiger partial charge is 0.364 e. The summed E-state index contributed by atoms with van der Waals surface area (Å²) in [5, 5.41) is 8.74. The number of methoxy groups -OCH3 is 1. The van der Waals surface area contributed by atoms with Crippen LogP contribution in [0.15, 0.2) is 12.1 Å². The summed E-state index contributed by atoms with van der Waals surface area (Å²) in [4.78, 5) is 10.3. The monoisotopic (exact) mass is 294 g/mol. The van der Waals surface area contributed by atoms with Crippen molar-refractivity contribution in [2.45, 2.75) is 12.8 Å². The molecule has 94 valence electrons. The van der Waals surface area contributed by atoms with Crippen LogP contribution in [0.3, 0.4) is 0 Å². The van der Waals surface area contributed by atoms with E-state index in [-0.39, 0.29) is 0 Å². The van der Waals surface area contributed by atoms with Crippen LogP contribution >= 0.6 is 35.0 Å². The van der Waals surface area contributed by atoms with Crippen molar-refractivity contribution in [3.63, 3.8) is 0 Å². The van der Waals surface area contributed by atoms with Gasteiger partial charge in [-0.1, -0.05) is 23.2 Å². The molecule has 0 atom stereocenters. The third-order valence-electron chi connectivity index (χ3n) is 2.16. The zero-order valence-corrected chi connectivity index (χ0v) is 11.5. The highest BCUT2D eigenvalue weighted by Gasteiger charge is 2.12. The van der Waals surface area contributed by atoms with Crippen molar-refractivity contribution in [3.05, 3.63) is 27.7 Å². The molecule has 3 nitrogen and oxygen atoms in total. The van der Waals surface area contributed by atoms with Gasteiger partial charge in [-0.15, -0.1) is 0 Å². The molecule has 1 rings (SSSR count). The summed E-state index contributed by atoms with van der Waals surface area (Å²) in [6, 6.07) is 3.39. The number of carbonyl (C=O) groups is 1. The van der Waals surface area contributed by atoms with Crippen molar-refractivity contribution in [1.82, 2.24) is 0 Å². The van der Waals surface area contributed by atoms with Gasteiger partial charge in [0.15, 0.2) is 0 Å². The van der Waals surface area contributed by atoms with Crippen molar-refractivity contribution in [2.24, 2.45) is 0 Å². The van der Waals surface area contributed by atoms with E-state index in [1.807, 2.05) is 0 Å². The minimum absolute atomic E-state index is 0.512. The Morgan fingerprint density at radius 1 is 1.41 bits per heavy atom. The normalized spacial score (nSPS) is 10.3. The van der Waals surface area contributed by atoms with E-state index in [0.717, 1.165) is 17.3 Å². The number of thioether (sulfide) groups is 1. The van der Waals surface area contributed by atoms with Gasteiger partial charge in [-0.3, -0.25) is 0 Å². The maximum atomic E-state index is 10.3. The van der Waals surface area contributed by atoms with Crippen molar-refractivity contribution >= 4 is 40.3 Å². The van der Waals surface area contributed by atoms with Crippen LogP contribution in [0, 0.1) is 0 Å². The Labute approximate surface area is 114 Å². The highest BCUT2D eigenvalue weighted by molar-refractivity contribution is 8.13. The topological polar surface area (TPSA) is 46.5 Å². The summed E-state index contributed by atoms with van der Waals surface area (Å²) >= 11 is 12.9. The fourth-order valence-corrected chi connectivity index (χ4v) is 2.40. The number of hydrogen-bond acceptors (Lipinski definition) is 3. The predicted octanol–water partition coefficient (Wildman–Crippen LogP) is 4.35. The number of carboxylic acid groups (broad SMARTS) is 1. The summed E-state index contributed by atoms with van der Waals surface area (Å²) in [6.07, 6.45) is 1.34. The third kappa shape index (κ3) is 4.30. The van der Waals surface area contributed by atoms with Crippen molar-refractivity contribution in [3.8, 4) is 5.75 Å². The van der Waals surface area contributed by atoms with Crippen molar-refractivity contribution in [2.75, 3.05) is 12.9 Å². The van der Waals surface area contributed by atoms with Gasteiger partial charge in [0.05, 0.1) is 12.1 Å². The van der Waals surface area contributed by atoms with Crippen LogP contribution < -0.4 is 4.74 Å². The molecular formula is C11H12Cl2O3S. The SMILES string of the molecule is COc1c(Cl)ccc(Cl)c1CCCSC(=O)O. The molecule has 0 spiro atoms. The standard InChI is InChI=1S/C11H12Cl2O3S/c1-16-10-7(3-2-6-17-11(14)15)8(12)4-5-9(10)13/h4-5H,2-3,6H2,1H3,(H,14,15). The second-order valence-corrected chi connectivity index (χ2v) is 5.12. The maximum Gasteiger partial charge on any atom is 0.364 e. The minimum Gasteiger partial charge on any atom is -0.495 e. The molecule has 0 saturated carbocycles. The van der Waals surface area contributed by atoms with E-state index in [1.165, 1.54) is 7.11 Å². The van der Waals surface area contributed by atoms with Crippen LogP contribution in [0.5, 0.6) is 5.75 Å². The van der Waals surface area contributed by atoms with Gasteiger partial charge in [-0.05, 0) is 36.7 Å². The molecule has 0 bridgehead atoms. The molecule has 0 unspecified atom stereocenters. The number of rotatable bonds is 5. The molecule has 0 heterocycles. The Balaban J connectivity index is 2.69. The second-order valence-electron chi connectivity index (χ2n) is 3.26. The molecule has 0 aromatic heterocycles. The first-order valence-electron chi connectivity index (χ1n) is 4.93. The second kappa shape index (κ2) is 6.99. The molecule has 0 amide bonds. The molecule has 6 heteroatoms. The predicted molar refractivity (Wildman–Crippen MR) is 71.8 cm³/mol. The highest BCUT2D eigenvalue weighted by atomic mass is 35.5. The van der Waals surface area contributed by atoms with Gasteiger partial charge < -0.3 is 9.84 Å². The molecule has 0 fully saturated rings. The summed E-state index contributed by atoms with van der Waals surface area (Å²) in [6.45, 7) is 0. The number of halogens is 2. The number of ether oxygens (including phenoxy) is 1. The molecule has 1 aromatic rings. The quantitative estimate of drug-likeness (QED) is 0.820. The molecular weight excluding hydrogens is 283 g/mol. The average molecular weight is 295 g/mol. The van der Waals surface area contributed by atoms with Crippen LogP contribution in [0.2, 0.25) is 10.0 Å². The Morgan fingerprint density at radius 3 is 2.65 bits per heavy atom. The van der Waals surface area contributed by atoms with Gasteiger partial charge in [0, 0.05) is 16.3 Å². The number of benzene rings is 1. The Bertz CT molecular complexity index is 410. The summed E-state index contributed by atoms with van der Waals surface area (Å²) in [5.74, 6) is 1.10. The van der Waals surface area contributed by atoms with Crippen LogP contribution in [0.25, 0.3) is 0 Å². The first-order chi connectivity index (χ1) is 8.06. The van der Waals surface area contributed by atoms with Crippen LogP contribution in [0.4, 0.5) is 4.79 Å². The zero-order valence-electron chi connectivity index (χ0n) is 9.20. The molecule has 0 aliphatic carbocycles. The molecule has 0 aliphatic heterocycles.